The van der Waals surface area contributed by atoms with Crippen LogP contribution in [0.2, 0.25) is 10.3 Å². The molecule has 0 saturated carbocycles. The van der Waals surface area contributed by atoms with Crippen LogP contribution in [0.5, 0.6) is 0 Å². The Morgan fingerprint density at radius 3 is 2.37 bits per heavy atom. The van der Waals surface area contributed by atoms with E-state index in [1.165, 1.54) is 18.3 Å². The van der Waals surface area contributed by atoms with E-state index in [0.29, 0.717) is 0 Å². The third kappa shape index (κ3) is 2.86. The van der Waals surface area contributed by atoms with E-state index in [2.05, 4.69) is 19.7 Å². The zero-order valence-electron chi connectivity index (χ0n) is 9.21. The average molecular weight is 320 g/mol. The molecule has 3 N–H and O–H groups in total. The van der Waals surface area contributed by atoms with Crippen molar-refractivity contribution in [3.05, 3.63) is 35.0 Å². The molecule has 0 spiro atoms. The maximum absolute atomic E-state index is 12.1. The van der Waals surface area contributed by atoms with Crippen molar-refractivity contribution >= 4 is 44.7 Å². The van der Waals surface area contributed by atoms with E-state index >= 15 is 0 Å². The average Bonchev–Trinajstić information content (AvgIpc) is 2.34. The third-order valence-electron chi connectivity index (χ3n) is 2.08. The SMILES string of the molecule is Nc1ncccc1S(=O)(=O)Nc1c(Cl)ncnc1Cl. The van der Waals surface area contributed by atoms with Crippen molar-refractivity contribution in [3.8, 4) is 0 Å². The second kappa shape index (κ2) is 5.16. The van der Waals surface area contributed by atoms with Crippen LogP contribution in [-0.2, 0) is 10.0 Å². The van der Waals surface area contributed by atoms with Crippen LogP contribution < -0.4 is 10.5 Å². The number of nitrogens with two attached hydrogens (primary N) is 1. The van der Waals surface area contributed by atoms with Gasteiger partial charge in [0, 0.05) is 6.20 Å². The predicted molar refractivity (Wildman–Crippen MR) is 71.5 cm³/mol. The lowest BCUT2D eigenvalue weighted by molar-refractivity contribution is 0.601. The summed E-state index contributed by atoms with van der Waals surface area (Å²) in [6.07, 6.45) is 2.49. The summed E-state index contributed by atoms with van der Waals surface area (Å²) in [7, 11) is -3.98. The van der Waals surface area contributed by atoms with Crippen LogP contribution in [0.4, 0.5) is 11.5 Å². The number of rotatable bonds is 3. The molecule has 0 unspecified atom stereocenters. The molecular formula is C9H7Cl2N5O2S. The van der Waals surface area contributed by atoms with Crippen molar-refractivity contribution in [2.45, 2.75) is 4.90 Å². The Morgan fingerprint density at radius 1 is 1.16 bits per heavy atom. The Balaban J connectivity index is 2.46. The van der Waals surface area contributed by atoms with Crippen molar-refractivity contribution in [1.82, 2.24) is 15.0 Å². The smallest absolute Gasteiger partial charge is 0.265 e. The van der Waals surface area contributed by atoms with Gasteiger partial charge < -0.3 is 5.73 Å². The molecule has 2 rings (SSSR count). The number of hydrogen-bond donors (Lipinski definition) is 2. The van der Waals surface area contributed by atoms with E-state index < -0.39 is 10.0 Å². The van der Waals surface area contributed by atoms with E-state index in [-0.39, 0.29) is 26.7 Å². The lowest BCUT2D eigenvalue weighted by Gasteiger charge is -2.10. The van der Waals surface area contributed by atoms with Crippen molar-refractivity contribution in [3.63, 3.8) is 0 Å². The fourth-order valence-corrected chi connectivity index (χ4v) is 2.93. The number of nitrogen functional groups attached to an aromatic ring is 1. The molecule has 2 aromatic heterocycles. The molecule has 19 heavy (non-hydrogen) atoms. The summed E-state index contributed by atoms with van der Waals surface area (Å²) in [6, 6.07) is 2.74. The summed E-state index contributed by atoms with van der Waals surface area (Å²) in [5, 5.41) is -0.239. The van der Waals surface area contributed by atoms with Gasteiger partial charge in [0.1, 0.15) is 22.7 Å². The van der Waals surface area contributed by atoms with Gasteiger partial charge >= 0.3 is 0 Å². The molecule has 0 aliphatic rings. The first-order valence-corrected chi connectivity index (χ1v) is 7.05. The summed E-state index contributed by atoms with van der Waals surface area (Å²) in [6.45, 7) is 0. The predicted octanol–water partition coefficient (Wildman–Crippen LogP) is 1.56. The van der Waals surface area contributed by atoms with E-state index in [1.54, 1.807) is 0 Å². The number of hydrogen-bond acceptors (Lipinski definition) is 6. The molecule has 0 fully saturated rings. The molecule has 0 amide bonds. The molecule has 0 radical (unpaired) electrons. The maximum Gasteiger partial charge on any atom is 0.265 e. The molecule has 7 nitrogen and oxygen atoms in total. The minimum absolute atomic E-state index is 0.117. The van der Waals surface area contributed by atoms with E-state index in [4.69, 9.17) is 28.9 Å². The molecule has 0 atom stereocenters. The lowest BCUT2D eigenvalue weighted by atomic mass is 10.5. The minimum Gasteiger partial charge on any atom is -0.383 e. The summed E-state index contributed by atoms with van der Waals surface area (Å²) >= 11 is 11.5. The van der Waals surface area contributed by atoms with E-state index in [9.17, 15) is 8.42 Å². The van der Waals surface area contributed by atoms with Gasteiger partial charge in [-0.1, -0.05) is 23.2 Å². The zero-order chi connectivity index (χ0) is 14.0. The Kier molecular flexibility index (Phi) is 3.74. The molecule has 100 valence electrons. The Labute approximate surface area is 118 Å². The molecule has 10 heteroatoms. The zero-order valence-corrected chi connectivity index (χ0v) is 11.5. The number of nitrogens with zero attached hydrogens (tertiary/aromatic N) is 3. The maximum atomic E-state index is 12.1. The van der Waals surface area contributed by atoms with Gasteiger partial charge in [0.15, 0.2) is 10.3 Å². The summed E-state index contributed by atoms with van der Waals surface area (Å²) < 4.78 is 26.4. The largest absolute Gasteiger partial charge is 0.383 e. The van der Waals surface area contributed by atoms with Gasteiger partial charge in [0.2, 0.25) is 0 Å². The number of halogens is 2. The van der Waals surface area contributed by atoms with Crippen molar-refractivity contribution in [1.29, 1.82) is 0 Å². The normalized spacial score (nSPS) is 11.3. The second-order valence-corrected chi connectivity index (χ2v) is 5.69. The highest BCUT2D eigenvalue weighted by Gasteiger charge is 2.21. The third-order valence-corrected chi connectivity index (χ3v) is 4.05. The molecule has 2 aromatic rings. The number of aromatic nitrogens is 3. The van der Waals surface area contributed by atoms with E-state index in [1.807, 2.05) is 0 Å². The Morgan fingerprint density at radius 2 is 1.79 bits per heavy atom. The van der Waals surface area contributed by atoms with Crippen molar-refractivity contribution < 1.29 is 8.42 Å². The van der Waals surface area contributed by atoms with Crippen LogP contribution in [0.1, 0.15) is 0 Å². The molecule has 0 aliphatic heterocycles. The highest BCUT2D eigenvalue weighted by molar-refractivity contribution is 7.92. The summed E-state index contributed by atoms with van der Waals surface area (Å²) in [4.78, 5) is 10.8. The van der Waals surface area contributed by atoms with Crippen LogP contribution >= 0.6 is 23.2 Å². The lowest BCUT2D eigenvalue weighted by Crippen LogP contribution is -2.16. The van der Waals surface area contributed by atoms with Gasteiger partial charge in [0.25, 0.3) is 10.0 Å². The number of nitrogens with one attached hydrogen (secondary N) is 1. The number of sulfonamides is 1. The van der Waals surface area contributed by atoms with Crippen LogP contribution in [-0.4, -0.2) is 23.4 Å². The summed E-state index contributed by atoms with van der Waals surface area (Å²) in [5.74, 6) is -0.140. The Bertz CT molecular complexity index is 702. The van der Waals surface area contributed by atoms with Gasteiger partial charge in [0.05, 0.1) is 0 Å². The van der Waals surface area contributed by atoms with Gasteiger partial charge in [-0.05, 0) is 12.1 Å². The Hall–Kier alpha value is -1.64. The van der Waals surface area contributed by atoms with Gasteiger partial charge in [-0.25, -0.2) is 23.4 Å². The fraction of sp³-hybridized carbons (Fsp3) is 0. The van der Waals surface area contributed by atoms with Crippen LogP contribution in [0.15, 0.2) is 29.6 Å². The first-order chi connectivity index (χ1) is 8.92. The molecule has 2 heterocycles. The minimum atomic E-state index is -3.98. The number of anilines is 2. The van der Waals surface area contributed by atoms with Gasteiger partial charge in [-0.2, -0.15) is 0 Å². The van der Waals surface area contributed by atoms with E-state index in [0.717, 1.165) is 6.33 Å². The first-order valence-electron chi connectivity index (χ1n) is 4.81. The summed E-state index contributed by atoms with van der Waals surface area (Å²) in [5.41, 5.74) is 5.39. The quantitative estimate of drug-likeness (QED) is 0.830. The van der Waals surface area contributed by atoms with Gasteiger partial charge in [-0.15, -0.1) is 0 Å². The monoisotopic (exact) mass is 319 g/mol. The molecule has 0 aliphatic carbocycles. The highest BCUT2D eigenvalue weighted by Crippen LogP contribution is 2.29. The molecule has 0 bridgehead atoms. The van der Waals surface area contributed by atoms with Crippen LogP contribution in [0.25, 0.3) is 0 Å². The van der Waals surface area contributed by atoms with Gasteiger partial charge in [-0.3, -0.25) is 4.72 Å². The van der Waals surface area contributed by atoms with Crippen LogP contribution in [0.3, 0.4) is 0 Å². The molecule has 0 aromatic carbocycles. The molecule has 0 saturated heterocycles. The van der Waals surface area contributed by atoms with Crippen LogP contribution in [0, 0.1) is 0 Å². The second-order valence-electron chi connectivity index (χ2n) is 3.32. The topological polar surface area (TPSA) is 111 Å². The molecular weight excluding hydrogens is 313 g/mol. The van der Waals surface area contributed by atoms with Crippen molar-refractivity contribution in [2.75, 3.05) is 10.5 Å². The number of pyridine rings is 1. The first kappa shape index (κ1) is 13.8. The fourth-order valence-electron chi connectivity index (χ4n) is 1.25. The highest BCUT2D eigenvalue weighted by atomic mass is 35.5. The van der Waals surface area contributed by atoms with Crippen molar-refractivity contribution in [2.24, 2.45) is 0 Å². The standard InChI is InChI=1S/C9H7Cl2N5O2S/c10-7-6(8(11)15-4-14-7)16-19(17,18)5-2-1-3-13-9(5)12/h1-4,16H,(H2,12,13).